The summed E-state index contributed by atoms with van der Waals surface area (Å²) < 4.78 is 49.1. The molecule has 1 amide bonds. The van der Waals surface area contributed by atoms with Crippen LogP contribution in [0.25, 0.3) is 0 Å². The first kappa shape index (κ1) is 18.2. The van der Waals surface area contributed by atoms with E-state index >= 15 is 0 Å². The van der Waals surface area contributed by atoms with E-state index in [2.05, 4.69) is 4.72 Å². The van der Waals surface area contributed by atoms with Crippen molar-refractivity contribution in [1.29, 1.82) is 0 Å². The predicted octanol–water partition coefficient (Wildman–Crippen LogP) is 0.265. The van der Waals surface area contributed by atoms with E-state index in [0.717, 1.165) is 0 Å². The maximum Gasteiger partial charge on any atom is 0.242 e. The molecule has 0 radical (unpaired) electrons. The van der Waals surface area contributed by atoms with Crippen molar-refractivity contribution in [2.75, 3.05) is 31.1 Å². The third kappa shape index (κ3) is 4.90. The van der Waals surface area contributed by atoms with Gasteiger partial charge in [0.15, 0.2) is 9.84 Å². The maximum absolute atomic E-state index is 12.1. The molecule has 10 heteroatoms. The van der Waals surface area contributed by atoms with Crippen LogP contribution in [0.15, 0.2) is 29.2 Å². The summed E-state index contributed by atoms with van der Waals surface area (Å²) in [4.78, 5) is 13.4. The summed E-state index contributed by atoms with van der Waals surface area (Å²) in [6.45, 7) is 0.229. The predicted molar refractivity (Wildman–Crippen MR) is 86.5 cm³/mol. The van der Waals surface area contributed by atoms with E-state index in [1.807, 2.05) is 0 Å². The molecule has 128 valence electrons. The summed E-state index contributed by atoms with van der Waals surface area (Å²) in [5, 5.41) is 0.104. The van der Waals surface area contributed by atoms with E-state index in [-0.39, 0.29) is 53.4 Å². The summed E-state index contributed by atoms with van der Waals surface area (Å²) in [5.74, 6) is -0.379. The molecular weight excluding hydrogens is 364 g/mol. The fraction of sp³-hybridized carbons (Fsp3) is 0.462. The molecule has 1 aromatic rings. The highest BCUT2D eigenvalue weighted by atomic mass is 35.5. The highest BCUT2D eigenvalue weighted by Gasteiger charge is 2.25. The van der Waals surface area contributed by atoms with Gasteiger partial charge in [-0.3, -0.25) is 4.79 Å². The fourth-order valence-electron chi connectivity index (χ4n) is 2.15. The standard InChI is InChI=1S/C13H17ClN2O5S2/c14-11-3-1-2-4-12(11)23(20,21)15-6-5-13(17)16-7-9-22(18,19)10-8-16/h1-4,15H,5-10H2. The van der Waals surface area contributed by atoms with Gasteiger partial charge in [-0.25, -0.2) is 21.6 Å². The summed E-state index contributed by atoms with van der Waals surface area (Å²) >= 11 is 5.85. The second-order valence-electron chi connectivity index (χ2n) is 5.11. The Morgan fingerprint density at radius 2 is 1.83 bits per heavy atom. The Kier molecular flexibility index (Phi) is 5.66. The topological polar surface area (TPSA) is 101 Å². The minimum absolute atomic E-state index is 0.0380. The molecule has 0 unspecified atom stereocenters. The SMILES string of the molecule is O=C(CCNS(=O)(=O)c1ccccc1Cl)N1CCS(=O)(=O)CC1. The number of nitrogens with one attached hydrogen (secondary N) is 1. The fourth-order valence-corrected chi connectivity index (χ4v) is 4.90. The van der Waals surface area contributed by atoms with Crippen molar-refractivity contribution in [1.82, 2.24) is 9.62 Å². The van der Waals surface area contributed by atoms with Crippen molar-refractivity contribution >= 4 is 37.4 Å². The highest BCUT2D eigenvalue weighted by Crippen LogP contribution is 2.20. The average Bonchev–Trinajstić information content (AvgIpc) is 2.47. The molecule has 0 aromatic heterocycles. The lowest BCUT2D eigenvalue weighted by atomic mass is 10.3. The van der Waals surface area contributed by atoms with Gasteiger partial charge in [-0.2, -0.15) is 0 Å². The molecule has 1 heterocycles. The minimum atomic E-state index is -3.78. The van der Waals surface area contributed by atoms with Gasteiger partial charge in [-0.15, -0.1) is 0 Å². The summed E-state index contributed by atoms with van der Waals surface area (Å²) in [5.41, 5.74) is 0. The van der Waals surface area contributed by atoms with Crippen LogP contribution in [0.2, 0.25) is 5.02 Å². The monoisotopic (exact) mass is 380 g/mol. The normalized spacial score (nSPS) is 17.9. The number of benzene rings is 1. The molecule has 0 bridgehead atoms. The van der Waals surface area contributed by atoms with Crippen LogP contribution in [0.3, 0.4) is 0 Å². The zero-order chi connectivity index (χ0) is 17.1. The summed E-state index contributed by atoms with van der Waals surface area (Å²) in [6, 6.07) is 6.02. The molecule has 0 saturated carbocycles. The molecule has 1 N–H and O–H groups in total. The van der Waals surface area contributed by atoms with Gasteiger partial charge in [-0.1, -0.05) is 23.7 Å². The Balaban J connectivity index is 1.87. The number of hydrogen-bond donors (Lipinski definition) is 1. The van der Waals surface area contributed by atoms with Crippen molar-refractivity contribution in [3.8, 4) is 0 Å². The van der Waals surface area contributed by atoms with Crippen LogP contribution in [0.5, 0.6) is 0 Å². The number of rotatable bonds is 5. The number of amides is 1. The van der Waals surface area contributed by atoms with Crippen molar-refractivity contribution in [2.24, 2.45) is 0 Å². The van der Waals surface area contributed by atoms with Gasteiger partial charge in [0.25, 0.3) is 0 Å². The molecule has 1 aromatic carbocycles. The van der Waals surface area contributed by atoms with Gasteiger partial charge in [0.05, 0.1) is 16.5 Å². The second-order valence-corrected chi connectivity index (χ2v) is 9.56. The average molecular weight is 381 g/mol. The third-order valence-electron chi connectivity index (χ3n) is 3.45. The first-order valence-electron chi connectivity index (χ1n) is 6.94. The Hall–Kier alpha value is -1.16. The molecule has 1 fully saturated rings. The van der Waals surface area contributed by atoms with Crippen LogP contribution in [-0.2, 0) is 24.7 Å². The van der Waals surface area contributed by atoms with E-state index < -0.39 is 19.9 Å². The largest absolute Gasteiger partial charge is 0.341 e. The number of halogens is 1. The number of carbonyl (C=O) groups is 1. The Bertz CT molecular complexity index is 778. The van der Waals surface area contributed by atoms with Crippen LogP contribution in [0, 0.1) is 0 Å². The molecule has 1 aliphatic heterocycles. The van der Waals surface area contributed by atoms with Crippen molar-refractivity contribution in [2.45, 2.75) is 11.3 Å². The van der Waals surface area contributed by atoms with Crippen LogP contribution < -0.4 is 4.72 Å². The van der Waals surface area contributed by atoms with Gasteiger partial charge >= 0.3 is 0 Å². The number of sulfone groups is 1. The van der Waals surface area contributed by atoms with E-state index in [1.54, 1.807) is 12.1 Å². The maximum atomic E-state index is 12.1. The molecule has 7 nitrogen and oxygen atoms in total. The lowest BCUT2D eigenvalue weighted by Crippen LogP contribution is -2.44. The first-order valence-corrected chi connectivity index (χ1v) is 10.6. The molecule has 0 aliphatic carbocycles. The van der Waals surface area contributed by atoms with Crippen LogP contribution in [-0.4, -0.2) is 58.8 Å². The molecular formula is C13H17ClN2O5S2. The molecule has 2 rings (SSSR count). The first-order chi connectivity index (χ1) is 10.7. The van der Waals surface area contributed by atoms with Gasteiger partial charge < -0.3 is 4.90 Å². The van der Waals surface area contributed by atoms with Gasteiger partial charge in [0.1, 0.15) is 4.90 Å². The van der Waals surface area contributed by atoms with Gasteiger partial charge in [-0.05, 0) is 12.1 Å². The highest BCUT2D eigenvalue weighted by molar-refractivity contribution is 7.91. The minimum Gasteiger partial charge on any atom is -0.341 e. The van der Waals surface area contributed by atoms with Crippen molar-refractivity contribution in [3.63, 3.8) is 0 Å². The Morgan fingerprint density at radius 1 is 1.22 bits per heavy atom. The van der Waals surface area contributed by atoms with Gasteiger partial charge in [0.2, 0.25) is 15.9 Å². The Morgan fingerprint density at radius 3 is 2.43 bits per heavy atom. The molecule has 23 heavy (non-hydrogen) atoms. The lowest BCUT2D eigenvalue weighted by Gasteiger charge is -2.26. The molecule has 1 saturated heterocycles. The summed E-state index contributed by atoms with van der Waals surface area (Å²) in [7, 11) is -6.84. The van der Waals surface area contributed by atoms with E-state index in [4.69, 9.17) is 11.6 Å². The van der Waals surface area contributed by atoms with E-state index in [1.165, 1.54) is 17.0 Å². The van der Waals surface area contributed by atoms with Crippen LogP contribution in [0.4, 0.5) is 0 Å². The smallest absolute Gasteiger partial charge is 0.242 e. The summed E-state index contributed by atoms with van der Waals surface area (Å²) in [6.07, 6.45) is -0.0380. The van der Waals surface area contributed by atoms with Crippen molar-refractivity contribution < 1.29 is 21.6 Å². The van der Waals surface area contributed by atoms with Gasteiger partial charge in [0, 0.05) is 26.1 Å². The Labute approximate surface area is 140 Å². The number of carbonyl (C=O) groups excluding carboxylic acids is 1. The van der Waals surface area contributed by atoms with E-state index in [9.17, 15) is 21.6 Å². The number of hydrogen-bond acceptors (Lipinski definition) is 5. The molecule has 1 aliphatic rings. The van der Waals surface area contributed by atoms with Crippen molar-refractivity contribution in [3.05, 3.63) is 29.3 Å². The number of nitrogens with zero attached hydrogens (tertiary/aromatic N) is 1. The van der Waals surface area contributed by atoms with E-state index in [0.29, 0.717) is 0 Å². The quantitative estimate of drug-likeness (QED) is 0.790. The lowest BCUT2D eigenvalue weighted by molar-refractivity contribution is -0.130. The second kappa shape index (κ2) is 7.16. The van der Waals surface area contributed by atoms with Crippen LogP contribution in [0.1, 0.15) is 6.42 Å². The number of sulfonamides is 1. The third-order valence-corrected chi connectivity index (χ3v) is 7.02. The van der Waals surface area contributed by atoms with Crippen LogP contribution >= 0.6 is 11.6 Å². The zero-order valence-electron chi connectivity index (χ0n) is 12.2. The molecule has 0 atom stereocenters. The molecule has 0 spiro atoms. The zero-order valence-corrected chi connectivity index (χ0v) is 14.6.